The molecule has 0 unspecified atom stereocenters. The highest BCUT2D eigenvalue weighted by molar-refractivity contribution is 7.18. The summed E-state index contributed by atoms with van der Waals surface area (Å²) in [6.45, 7) is 7.49. The minimum Gasteiger partial charge on any atom is -0.491 e. The van der Waals surface area contributed by atoms with E-state index in [1.54, 1.807) is 23.3 Å². The van der Waals surface area contributed by atoms with Gasteiger partial charge >= 0.3 is 5.97 Å². The van der Waals surface area contributed by atoms with Gasteiger partial charge in [-0.1, -0.05) is 11.6 Å². The van der Waals surface area contributed by atoms with Crippen LogP contribution in [-0.4, -0.2) is 50.9 Å². The molecule has 1 aliphatic heterocycles. The second kappa shape index (κ2) is 11.5. The highest BCUT2D eigenvalue weighted by Crippen LogP contribution is 2.39. The molecular weight excluding hydrogens is 566 g/mol. The van der Waals surface area contributed by atoms with E-state index in [0.717, 1.165) is 45.0 Å². The van der Waals surface area contributed by atoms with E-state index >= 15 is 0 Å². The molecule has 5 aromatic rings. The summed E-state index contributed by atoms with van der Waals surface area (Å²) in [4.78, 5) is 41.1. The third kappa shape index (κ3) is 5.43. The number of benzene rings is 1. The van der Waals surface area contributed by atoms with Crippen LogP contribution in [0.5, 0.6) is 11.6 Å². The van der Waals surface area contributed by atoms with Crippen LogP contribution in [-0.2, 0) is 19.5 Å². The number of pyridine rings is 2. The lowest BCUT2D eigenvalue weighted by molar-refractivity contribution is 0.0699. The normalized spacial score (nSPS) is 12.8. The van der Waals surface area contributed by atoms with Gasteiger partial charge in [-0.3, -0.25) is 14.3 Å². The van der Waals surface area contributed by atoms with Crippen molar-refractivity contribution < 1.29 is 19.4 Å². The molecule has 0 amide bonds. The number of thiophene rings is 1. The molecule has 6 rings (SSSR count). The van der Waals surface area contributed by atoms with E-state index in [4.69, 9.17) is 14.5 Å². The van der Waals surface area contributed by atoms with Crippen molar-refractivity contribution in [3.8, 4) is 22.8 Å². The lowest BCUT2D eigenvalue weighted by Gasteiger charge is -2.30. The molecule has 0 radical (unpaired) electrons. The lowest BCUT2D eigenvalue weighted by atomic mass is 10.0. The molecule has 1 N–H and O–H groups in total. The van der Waals surface area contributed by atoms with Crippen LogP contribution < -0.4 is 19.9 Å². The lowest BCUT2D eigenvalue weighted by Crippen LogP contribution is -2.39. The van der Waals surface area contributed by atoms with Gasteiger partial charge in [0, 0.05) is 53.1 Å². The summed E-state index contributed by atoms with van der Waals surface area (Å²) in [5.41, 5.74) is 6.56. The van der Waals surface area contributed by atoms with Gasteiger partial charge in [-0.05, 0) is 45.0 Å². The van der Waals surface area contributed by atoms with E-state index in [1.807, 2.05) is 57.2 Å². The zero-order chi connectivity index (χ0) is 30.2. The Hall–Kier alpha value is -4.77. The van der Waals surface area contributed by atoms with Crippen molar-refractivity contribution in [3.05, 3.63) is 92.2 Å². The first-order chi connectivity index (χ1) is 20.7. The van der Waals surface area contributed by atoms with Crippen LogP contribution in [0, 0.1) is 20.8 Å². The van der Waals surface area contributed by atoms with Gasteiger partial charge in [-0.15, -0.1) is 11.3 Å². The maximum atomic E-state index is 13.7. The molecule has 220 valence electrons. The van der Waals surface area contributed by atoms with Gasteiger partial charge in [0.15, 0.2) is 0 Å². The van der Waals surface area contributed by atoms with Crippen molar-refractivity contribution >= 4 is 33.2 Å². The van der Waals surface area contributed by atoms with Gasteiger partial charge in [0.25, 0.3) is 5.56 Å². The van der Waals surface area contributed by atoms with E-state index in [1.165, 1.54) is 11.3 Å². The zero-order valence-corrected chi connectivity index (χ0v) is 25.2. The number of carboxylic acids is 1. The largest absolute Gasteiger partial charge is 0.491 e. The van der Waals surface area contributed by atoms with Crippen LogP contribution in [0.4, 0.5) is 5.69 Å². The summed E-state index contributed by atoms with van der Waals surface area (Å²) >= 11 is 1.36. The molecule has 0 aliphatic carbocycles. The average Bonchev–Trinajstić information content (AvgIpc) is 3.43. The van der Waals surface area contributed by atoms with Crippen LogP contribution in [0.2, 0.25) is 0 Å². The van der Waals surface area contributed by atoms with Crippen LogP contribution in [0.25, 0.3) is 21.3 Å². The molecule has 5 heterocycles. The molecule has 4 aromatic heterocycles. The fourth-order valence-electron chi connectivity index (χ4n) is 5.54. The van der Waals surface area contributed by atoms with Crippen molar-refractivity contribution in [2.45, 2.75) is 40.3 Å². The predicted octanol–water partition coefficient (Wildman–Crippen LogP) is 5.19. The van der Waals surface area contributed by atoms with Crippen molar-refractivity contribution in [2.75, 3.05) is 25.2 Å². The van der Waals surface area contributed by atoms with Crippen molar-refractivity contribution in [3.63, 3.8) is 0 Å². The Labute approximate surface area is 252 Å². The van der Waals surface area contributed by atoms with E-state index in [2.05, 4.69) is 14.9 Å². The molecule has 0 saturated carbocycles. The smallest absolute Gasteiger partial charge is 0.338 e. The Morgan fingerprint density at radius 1 is 1.09 bits per heavy atom. The fraction of sp³-hybridized carbons (Fsp3) is 0.281. The van der Waals surface area contributed by atoms with E-state index in [0.29, 0.717) is 48.0 Å². The molecule has 1 aliphatic rings. The number of aryl methyl sites for hydroxylation is 3. The monoisotopic (exact) mass is 597 g/mol. The molecule has 0 atom stereocenters. The Bertz CT molecular complexity index is 1930. The number of nitrogens with zero attached hydrogens (tertiary/aromatic N) is 5. The Morgan fingerprint density at radius 2 is 1.93 bits per heavy atom. The Balaban J connectivity index is 1.27. The van der Waals surface area contributed by atoms with Gasteiger partial charge in [0.1, 0.15) is 18.2 Å². The number of anilines is 1. The van der Waals surface area contributed by atoms with Gasteiger partial charge in [-0.2, -0.15) is 0 Å². The molecule has 0 saturated heterocycles. The minimum atomic E-state index is -1.00. The van der Waals surface area contributed by atoms with Crippen LogP contribution in [0.1, 0.15) is 38.7 Å². The third-order valence-corrected chi connectivity index (χ3v) is 8.68. The Morgan fingerprint density at radius 3 is 2.72 bits per heavy atom. The fourth-order valence-corrected chi connectivity index (χ4v) is 6.55. The quantitative estimate of drug-likeness (QED) is 0.258. The number of rotatable bonds is 8. The molecular formula is C32H31N5O5S. The first kappa shape index (κ1) is 28.4. The first-order valence-corrected chi connectivity index (χ1v) is 14.8. The number of carboxylic acid groups (broad SMARTS) is 1. The summed E-state index contributed by atoms with van der Waals surface area (Å²) < 4.78 is 14.1. The standard InChI is InChI=1S/C32H31N5O5S/c1-18-5-6-27(22(13-18)23-14-19(2)34-29-25(32(39)40)17-43-30(23)29)42-12-11-37-20(3)35-26-8-10-36(16-24(26)31(37)38)21-7-9-33-28(15-21)41-4/h5-7,9,13-15,17H,8,10-12,16H2,1-4H3,(H,39,40). The minimum absolute atomic E-state index is 0.0628. The topological polar surface area (TPSA) is 120 Å². The van der Waals surface area contributed by atoms with E-state index < -0.39 is 5.97 Å². The molecule has 1 aromatic carbocycles. The van der Waals surface area contributed by atoms with Gasteiger partial charge in [0.05, 0.1) is 47.2 Å². The number of hydrogen-bond acceptors (Lipinski definition) is 9. The third-order valence-electron chi connectivity index (χ3n) is 7.68. The summed E-state index contributed by atoms with van der Waals surface area (Å²) in [6.07, 6.45) is 2.38. The maximum absolute atomic E-state index is 13.7. The average molecular weight is 598 g/mol. The number of ether oxygens (including phenoxy) is 2. The summed E-state index contributed by atoms with van der Waals surface area (Å²) in [6, 6.07) is 11.7. The number of carbonyl (C=O) groups is 1. The summed E-state index contributed by atoms with van der Waals surface area (Å²) in [5, 5.41) is 11.3. The van der Waals surface area contributed by atoms with E-state index in [9.17, 15) is 14.7 Å². The van der Waals surface area contributed by atoms with Crippen molar-refractivity contribution in [1.82, 2.24) is 19.5 Å². The zero-order valence-electron chi connectivity index (χ0n) is 24.4. The number of fused-ring (bicyclic) bond motifs is 2. The number of aromatic carboxylic acids is 1. The Kier molecular flexibility index (Phi) is 7.57. The van der Waals surface area contributed by atoms with Gasteiger partial charge in [-0.25, -0.2) is 14.8 Å². The van der Waals surface area contributed by atoms with Crippen molar-refractivity contribution in [2.24, 2.45) is 0 Å². The van der Waals surface area contributed by atoms with Crippen molar-refractivity contribution in [1.29, 1.82) is 0 Å². The number of hydrogen-bond donors (Lipinski definition) is 1. The van der Waals surface area contributed by atoms with Gasteiger partial charge in [0.2, 0.25) is 5.88 Å². The predicted molar refractivity (Wildman–Crippen MR) is 166 cm³/mol. The summed E-state index contributed by atoms with van der Waals surface area (Å²) in [7, 11) is 1.58. The first-order valence-electron chi connectivity index (χ1n) is 13.9. The molecule has 43 heavy (non-hydrogen) atoms. The number of aromatic nitrogens is 4. The van der Waals surface area contributed by atoms with Crippen LogP contribution in [0.15, 0.2) is 52.8 Å². The molecule has 0 spiro atoms. The van der Waals surface area contributed by atoms with E-state index in [-0.39, 0.29) is 17.7 Å². The SMILES string of the molecule is COc1cc(N2CCc3nc(C)n(CCOc4ccc(C)cc4-c4cc(C)nc5c(C(=O)O)csc45)c(=O)c3C2)ccn1. The maximum Gasteiger partial charge on any atom is 0.338 e. The second-order valence-corrected chi connectivity index (χ2v) is 11.4. The second-order valence-electron chi connectivity index (χ2n) is 10.6. The highest BCUT2D eigenvalue weighted by atomic mass is 32.1. The van der Waals surface area contributed by atoms with Gasteiger partial charge < -0.3 is 19.5 Å². The summed E-state index contributed by atoms with van der Waals surface area (Å²) in [5.74, 6) is 0.831. The molecule has 11 heteroatoms. The van der Waals surface area contributed by atoms with Crippen LogP contribution in [0.3, 0.4) is 0 Å². The highest BCUT2D eigenvalue weighted by Gasteiger charge is 2.24. The van der Waals surface area contributed by atoms with Crippen LogP contribution >= 0.6 is 11.3 Å². The number of methoxy groups -OCH3 is 1. The molecule has 0 bridgehead atoms. The molecule has 10 nitrogen and oxygen atoms in total. The molecule has 0 fully saturated rings.